The van der Waals surface area contributed by atoms with Gasteiger partial charge in [-0.3, -0.25) is 0 Å². The van der Waals surface area contributed by atoms with Crippen LogP contribution >= 0.6 is 11.6 Å². The van der Waals surface area contributed by atoms with Crippen molar-refractivity contribution >= 4 is 17.4 Å². The highest BCUT2D eigenvalue weighted by atomic mass is 35.5. The summed E-state index contributed by atoms with van der Waals surface area (Å²) < 4.78 is 11.1. The zero-order valence-electron chi connectivity index (χ0n) is 9.80. The van der Waals surface area contributed by atoms with Gasteiger partial charge in [0, 0.05) is 11.6 Å². The maximum atomic E-state index is 8.71. The van der Waals surface area contributed by atoms with Crippen molar-refractivity contribution < 1.29 is 14.7 Å². The molecule has 0 aromatic heterocycles. The van der Waals surface area contributed by atoms with Gasteiger partial charge in [-0.2, -0.15) is 0 Å². The van der Waals surface area contributed by atoms with Crippen molar-refractivity contribution in [2.45, 2.75) is 18.9 Å². The van der Waals surface area contributed by atoms with Gasteiger partial charge in [-0.05, 0) is 31.0 Å². The van der Waals surface area contributed by atoms with Crippen LogP contribution in [-0.2, 0) is 4.74 Å². The third-order valence-electron chi connectivity index (χ3n) is 2.78. The van der Waals surface area contributed by atoms with E-state index in [1.54, 1.807) is 18.2 Å². The topological polar surface area (TPSA) is 77.1 Å². The smallest absolute Gasteiger partial charge is 0.173 e. The Bertz CT molecular complexity index is 445. The Morgan fingerprint density at radius 2 is 2.44 bits per heavy atom. The predicted molar refractivity (Wildman–Crippen MR) is 68.4 cm³/mol. The number of nitrogens with zero attached hydrogens (tertiary/aromatic N) is 1. The second-order valence-electron chi connectivity index (χ2n) is 4.07. The third-order valence-corrected chi connectivity index (χ3v) is 3.01. The van der Waals surface area contributed by atoms with Gasteiger partial charge >= 0.3 is 0 Å². The SMILES string of the molecule is N/C(=N/O)c1ccc(Cl)cc1OCC1CCCO1. The molecule has 5 nitrogen and oxygen atoms in total. The average molecular weight is 271 g/mol. The van der Waals surface area contributed by atoms with E-state index in [-0.39, 0.29) is 11.9 Å². The molecule has 1 aromatic carbocycles. The summed E-state index contributed by atoms with van der Waals surface area (Å²) in [4.78, 5) is 0. The molecule has 18 heavy (non-hydrogen) atoms. The molecule has 0 saturated carbocycles. The molecule has 1 heterocycles. The van der Waals surface area contributed by atoms with E-state index in [9.17, 15) is 0 Å². The second kappa shape index (κ2) is 5.93. The first kappa shape index (κ1) is 13.0. The Morgan fingerprint density at radius 3 is 3.11 bits per heavy atom. The van der Waals surface area contributed by atoms with Gasteiger partial charge in [0.25, 0.3) is 0 Å². The summed E-state index contributed by atoms with van der Waals surface area (Å²) in [7, 11) is 0. The van der Waals surface area contributed by atoms with Gasteiger partial charge in [0.1, 0.15) is 12.4 Å². The molecule has 0 aliphatic carbocycles. The molecule has 1 aliphatic heterocycles. The van der Waals surface area contributed by atoms with Crippen LogP contribution in [0.15, 0.2) is 23.4 Å². The van der Waals surface area contributed by atoms with Gasteiger partial charge in [0.2, 0.25) is 0 Å². The van der Waals surface area contributed by atoms with E-state index in [0.29, 0.717) is 22.9 Å². The molecular formula is C12H15ClN2O3. The maximum absolute atomic E-state index is 8.71. The Balaban J connectivity index is 2.11. The lowest BCUT2D eigenvalue weighted by Gasteiger charge is -2.14. The van der Waals surface area contributed by atoms with E-state index in [1.807, 2.05) is 0 Å². The summed E-state index contributed by atoms with van der Waals surface area (Å²) in [6.07, 6.45) is 2.14. The number of benzene rings is 1. The first-order valence-electron chi connectivity index (χ1n) is 5.72. The zero-order valence-corrected chi connectivity index (χ0v) is 10.6. The zero-order chi connectivity index (χ0) is 13.0. The highest BCUT2D eigenvalue weighted by molar-refractivity contribution is 6.30. The number of hydrogen-bond donors (Lipinski definition) is 2. The molecule has 1 atom stereocenters. The number of amidine groups is 1. The minimum atomic E-state index is -0.00555. The van der Waals surface area contributed by atoms with Crippen LogP contribution in [-0.4, -0.2) is 30.4 Å². The van der Waals surface area contributed by atoms with Crippen molar-refractivity contribution in [3.05, 3.63) is 28.8 Å². The van der Waals surface area contributed by atoms with Crippen molar-refractivity contribution in [2.75, 3.05) is 13.2 Å². The molecule has 3 N–H and O–H groups in total. The summed E-state index contributed by atoms with van der Waals surface area (Å²) in [6, 6.07) is 4.96. The molecule has 0 spiro atoms. The van der Waals surface area contributed by atoms with Gasteiger partial charge in [-0.25, -0.2) is 0 Å². The first-order valence-corrected chi connectivity index (χ1v) is 6.10. The first-order chi connectivity index (χ1) is 8.70. The minimum Gasteiger partial charge on any atom is -0.490 e. The molecule has 0 bridgehead atoms. The number of hydrogen-bond acceptors (Lipinski definition) is 4. The van der Waals surface area contributed by atoms with Gasteiger partial charge in [0.15, 0.2) is 5.84 Å². The number of rotatable bonds is 4. The quantitative estimate of drug-likeness (QED) is 0.380. The highest BCUT2D eigenvalue weighted by Crippen LogP contribution is 2.24. The fourth-order valence-electron chi connectivity index (χ4n) is 1.84. The van der Waals surface area contributed by atoms with E-state index in [0.717, 1.165) is 19.4 Å². The molecule has 0 radical (unpaired) electrons. The monoisotopic (exact) mass is 270 g/mol. The number of nitrogens with two attached hydrogens (primary N) is 1. The summed E-state index contributed by atoms with van der Waals surface area (Å²) in [5.74, 6) is 0.488. The molecule has 1 aromatic rings. The Hall–Kier alpha value is -1.46. The molecule has 1 unspecified atom stereocenters. The lowest BCUT2D eigenvalue weighted by molar-refractivity contribution is 0.0679. The molecule has 1 saturated heterocycles. The van der Waals surface area contributed by atoms with Gasteiger partial charge < -0.3 is 20.4 Å². The van der Waals surface area contributed by atoms with Crippen molar-refractivity contribution in [3.8, 4) is 5.75 Å². The molecule has 2 rings (SSSR count). The summed E-state index contributed by atoms with van der Waals surface area (Å²) in [6.45, 7) is 1.21. The maximum Gasteiger partial charge on any atom is 0.173 e. The van der Waals surface area contributed by atoms with E-state index < -0.39 is 0 Å². The largest absolute Gasteiger partial charge is 0.490 e. The van der Waals surface area contributed by atoms with Crippen molar-refractivity contribution in [3.63, 3.8) is 0 Å². The van der Waals surface area contributed by atoms with E-state index in [2.05, 4.69) is 5.16 Å². The van der Waals surface area contributed by atoms with E-state index in [4.69, 9.17) is 32.0 Å². The number of ether oxygens (including phenoxy) is 2. The highest BCUT2D eigenvalue weighted by Gasteiger charge is 2.17. The van der Waals surface area contributed by atoms with Crippen LogP contribution in [0.1, 0.15) is 18.4 Å². The number of halogens is 1. The van der Waals surface area contributed by atoms with Crippen molar-refractivity contribution in [2.24, 2.45) is 10.9 Å². The van der Waals surface area contributed by atoms with Crippen molar-refractivity contribution in [1.82, 2.24) is 0 Å². The Labute approximate surface area is 110 Å². The molecule has 6 heteroatoms. The van der Waals surface area contributed by atoms with Crippen molar-refractivity contribution in [1.29, 1.82) is 0 Å². The molecule has 0 amide bonds. The van der Waals surface area contributed by atoms with Crippen LogP contribution < -0.4 is 10.5 Å². The van der Waals surface area contributed by atoms with Crippen LogP contribution in [0.4, 0.5) is 0 Å². The normalized spacial score (nSPS) is 20.1. The Morgan fingerprint density at radius 1 is 1.61 bits per heavy atom. The fraction of sp³-hybridized carbons (Fsp3) is 0.417. The van der Waals surface area contributed by atoms with Crippen LogP contribution in [0.2, 0.25) is 5.02 Å². The molecule has 1 aliphatic rings. The predicted octanol–water partition coefficient (Wildman–Crippen LogP) is 1.99. The van der Waals surface area contributed by atoms with Gasteiger partial charge in [-0.15, -0.1) is 0 Å². The minimum absolute atomic E-state index is 0.00555. The lowest BCUT2D eigenvalue weighted by Crippen LogP contribution is -2.19. The molecular weight excluding hydrogens is 256 g/mol. The summed E-state index contributed by atoms with van der Waals surface area (Å²) >= 11 is 5.91. The molecule has 1 fully saturated rings. The fourth-order valence-corrected chi connectivity index (χ4v) is 2.00. The van der Waals surface area contributed by atoms with E-state index in [1.165, 1.54) is 0 Å². The van der Waals surface area contributed by atoms with Gasteiger partial charge in [-0.1, -0.05) is 16.8 Å². The summed E-state index contributed by atoms with van der Waals surface area (Å²) in [5.41, 5.74) is 6.09. The van der Waals surface area contributed by atoms with Crippen LogP contribution in [0, 0.1) is 0 Å². The molecule has 98 valence electrons. The average Bonchev–Trinajstić information content (AvgIpc) is 2.88. The number of oxime groups is 1. The van der Waals surface area contributed by atoms with Crippen LogP contribution in [0.3, 0.4) is 0 Å². The van der Waals surface area contributed by atoms with E-state index >= 15 is 0 Å². The van der Waals surface area contributed by atoms with Gasteiger partial charge in [0.05, 0.1) is 11.7 Å². The standard InChI is InChI=1S/C12H15ClN2O3/c13-8-3-4-10(12(14)15-16)11(6-8)18-7-9-2-1-5-17-9/h3-4,6,9,16H,1-2,5,7H2,(H2,14,15). The van der Waals surface area contributed by atoms with Crippen LogP contribution in [0.25, 0.3) is 0 Å². The lowest BCUT2D eigenvalue weighted by atomic mass is 10.2. The summed E-state index contributed by atoms with van der Waals surface area (Å²) in [5, 5.41) is 12.2. The second-order valence-corrected chi connectivity index (χ2v) is 4.51. The van der Waals surface area contributed by atoms with Crippen LogP contribution in [0.5, 0.6) is 5.75 Å². The third kappa shape index (κ3) is 3.05. The Kier molecular flexibility index (Phi) is 4.28.